The number of hydrogen-bond acceptors (Lipinski definition) is 9. The van der Waals surface area contributed by atoms with Crippen molar-refractivity contribution >= 4 is 40.8 Å². The van der Waals surface area contributed by atoms with Crippen LogP contribution < -0.4 is 19.5 Å². The molecule has 0 fully saturated rings. The number of amides is 1. The maximum atomic E-state index is 14.2. The number of fused-ring (bicyclic) bond motifs is 1. The fourth-order valence-corrected chi connectivity index (χ4v) is 6.57. The molecular weight excluding hydrogens is 604 g/mol. The molecule has 44 heavy (non-hydrogen) atoms. The zero-order valence-electron chi connectivity index (χ0n) is 24.8. The van der Waals surface area contributed by atoms with Crippen LogP contribution in [-0.2, 0) is 16.0 Å². The minimum atomic E-state index is -1.94. The van der Waals surface area contributed by atoms with Crippen LogP contribution in [0.25, 0.3) is 0 Å². The van der Waals surface area contributed by atoms with E-state index in [1.807, 2.05) is 48.7 Å². The molecule has 1 aliphatic heterocycles. The Morgan fingerprint density at radius 1 is 1.18 bits per heavy atom. The Morgan fingerprint density at radius 3 is 2.55 bits per heavy atom. The molecule has 1 aliphatic carbocycles. The van der Waals surface area contributed by atoms with E-state index in [0.717, 1.165) is 10.6 Å². The van der Waals surface area contributed by atoms with Gasteiger partial charge < -0.3 is 24.6 Å². The molecule has 1 aromatic heterocycles. The zero-order chi connectivity index (χ0) is 31.6. The summed E-state index contributed by atoms with van der Waals surface area (Å²) in [7, 11) is 2.82. The Hall–Kier alpha value is -4.02. The van der Waals surface area contributed by atoms with Crippen LogP contribution in [-0.4, -0.2) is 60.2 Å². The fraction of sp³-hybridized carbons (Fsp3) is 0.333. The van der Waals surface area contributed by atoms with E-state index in [4.69, 9.17) is 25.8 Å². The maximum Gasteiger partial charge on any atom is 0.231 e. The van der Waals surface area contributed by atoms with E-state index in [1.165, 1.54) is 20.3 Å². The second-order valence-electron chi connectivity index (χ2n) is 10.7. The van der Waals surface area contributed by atoms with Gasteiger partial charge in [-0.3, -0.25) is 19.4 Å². The molecule has 5 rings (SSSR count). The van der Waals surface area contributed by atoms with E-state index in [2.05, 4.69) is 10.3 Å². The summed E-state index contributed by atoms with van der Waals surface area (Å²) in [5.74, 6) is -3.02. The van der Waals surface area contributed by atoms with Crippen molar-refractivity contribution < 1.29 is 33.7 Å². The third kappa shape index (κ3) is 5.52. The largest absolute Gasteiger partial charge is 0.507 e. The number of thioether (sulfide) groups is 1. The number of aliphatic hydroxyl groups is 1. The minimum absolute atomic E-state index is 0.00750. The van der Waals surface area contributed by atoms with Gasteiger partial charge >= 0.3 is 0 Å². The lowest BCUT2D eigenvalue weighted by Gasteiger charge is -2.38. The van der Waals surface area contributed by atoms with Crippen LogP contribution in [0.3, 0.4) is 0 Å². The number of benzene rings is 2. The van der Waals surface area contributed by atoms with Crippen molar-refractivity contribution in [2.45, 2.75) is 42.6 Å². The number of carbonyl (C=O) groups is 3. The van der Waals surface area contributed by atoms with Crippen molar-refractivity contribution in [2.24, 2.45) is 5.92 Å². The first kappa shape index (κ1) is 31.4. The SMILES string of the molecule is COc1cc(OC)c2c(c1Cl)O[C@]1(C2=O)C(O)=C(C(CC(=O)NCCc2ccccn2)c2ccc(SC)cc2)C(=O)C[C@H]1C. The number of rotatable bonds is 10. The number of aliphatic hydroxyl groups excluding tert-OH is 1. The van der Waals surface area contributed by atoms with Crippen LogP contribution in [0.4, 0.5) is 0 Å². The lowest BCUT2D eigenvalue weighted by Crippen LogP contribution is -2.53. The highest BCUT2D eigenvalue weighted by molar-refractivity contribution is 7.98. The van der Waals surface area contributed by atoms with Gasteiger partial charge in [-0.1, -0.05) is 36.7 Å². The maximum absolute atomic E-state index is 14.2. The van der Waals surface area contributed by atoms with Crippen LogP contribution in [0.1, 0.15) is 47.3 Å². The predicted octanol–water partition coefficient (Wildman–Crippen LogP) is 5.74. The molecule has 1 spiro atoms. The van der Waals surface area contributed by atoms with E-state index in [1.54, 1.807) is 24.9 Å². The number of pyridine rings is 1. The molecule has 11 heteroatoms. The summed E-state index contributed by atoms with van der Waals surface area (Å²) >= 11 is 8.13. The number of ether oxygens (including phenoxy) is 3. The summed E-state index contributed by atoms with van der Waals surface area (Å²) in [6.45, 7) is 2.00. The Kier molecular flexibility index (Phi) is 9.22. The Morgan fingerprint density at radius 2 is 1.91 bits per heavy atom. The molecule has 0 bridgehead atoms. The summed E-state index contributed by atoms with van der Waals surface area (Å²) < 4.78 is 17.1. The number of carbonyl (C=O) groups excluding carboxylic acids is 3. The molecule has 2 aromatic carbocycles. The summed E-state index contributed by atoms with van der Waals surface area (Å²) in [5.41, 5.74) is -0.455. The molecular formula is C33H33ClN2O7S. The average Bonchev–Trinajstić information content (AvgIpc) is 3.35. The molecule has 1 unspecified atom stereocenters. The smallest absolute Gasteiger partial charge is 0.231 e. The molecule has 1 amide bonds. The van der Waals surface area contributed by atoms with Crippen molar-refractivity contribution in [1.82, 2.24) is 10.3 Å². The Bertz CT molecular complexity index is 1630. The standard InChI is InChI=1S/C33H33ClN2O7S/c1-18-15-23(37)27(31(39)33(18)32(40)28-24(41-2)17-25(42-3)29(34)30(28)43-33)22(19-8-10-21(44-4)11-9-19)16-26(38)36-14-12-20-7-5-6-13-35-20/h5-11,13,17-18,22,39H,12,14-16H2,1-4H3,(H,36,38)/t18-,22?,33+/m1/s1. The van der Waals surface area contributed by atoms with E-state index < -0.39 is 29.0 Å². The number of methoxy groups -OCH3 is 2. The number of nitrogens with zero attached hydrogens (tertiary/aromatic N) is 1. The summed E-state index contributed by atoms with van der Waals surface area (Å²) in [4.78, 5) is 46.6. The first-order chi connectivity index (χ1) is 21.2. The Labute approximate surface area is 264 Å². The average molecular weight is 637 g/mol. The van der Waals surface area contributed by atoms with Gasteiger partial charge in [0.15, 0.2) is 17.3 Å². The highest BCUT2D eigenvalue weighted by Gasteiger charge is 2.61. The van der Waals surface area contributed by atoms with Crippen LogP contribution in [0.2, 0.25) is 5.02 Å². The first-order valence-electron chi connectivity index (χ1n) is 14.1. The number of nitrogens with one attached hydrogen (secondary N) is 1. The van der Waals surface area contributed by atoms with Crippen molar-refractivity contribution in [1.29, 1.82) is 0 Å². The third-order valence-corrected chi connectivity index (χ3v) is 9.30. The van der Waals surface area contributed by atoms with Crippen LogP contribution in [0, 0.1) is 5.92 Å². The van der Waals surface area contributed by atoms with Gasteiger partial charge in [0, 0.05) is 66.1 Å². The fourth-order valence-electron chi connectivity index (χ4n) is 5.89. The van der Waals surface area contributed by atoms with Crippen LogP contribution >= 0.6 is 23.4 Å². The van der Waals surface area contributed by atoms with Gasteiger partial charge in [-0.2, -0.15) is 0 Å². The summed E-state index contributed by atoms with van der Waals surface area (Å²) in [5, 5.41) is 15.0. The van der Waals surface area contributed by atoms with Gasteiger partial charge in [0.1, 0.15) is 22.1 Å². The summed E-state index contributed by atoms with van der Waals surface area (Å²) in [6.07, 6.45) is 3.92. The molecule has 2 heterocycles. The van der Waals surface area contributed by atoms with E-state index >= 15 is 0 Å². The quantitative estimate of drug-likeness (QED) is 0.268. The lowest BCUT2D eigenvalue weighted by atomic mass is 9.69. The molecule has 3 aromatic rings. The number of ketones is 2. The lowest BCUT2D eigenvalue weighted by molar-refractivity contribution is -0.121. The molecule has 3 atom stereocenters. The molecule has 2 N–H and O–H groups in total. The normalized spacial score (nSPS) is 19.9. The number of halogens is 1. The zero-order valence-corrected chi connectivity index (χ0v) is 26.4. The van der Waals surface area contributed by atoms with Gasteiger partial charge in [0.25, 0.3) is 0 Å². The Balaban J connectivity index is 1.56. The van der Waals surface area contributed by atoms with Crippen LogP contribution in [0.5, 0.6) is 17.2 Å². The highest BCUT2D eigenvalue weighted by Crippen LogP contribution is 2.55. The number of allylic oxidation sites excluding steroid dienone is 1. The summed E-state index contributed by atoms with van der Waals surface area (Å²) in [6, 6.07) is 14.5. The van der Waals surface area contributed by atoms with E-state index in [9.17, 15) is 19.5 Å². The molecule has 2 aliphatic rings. The van der Waals surface area contributed by atoms with E-state index in [0.29, 0.717) is 18.5 Å². The van der Waals surface area contributed by atoms with Crippen LogP contribution in [0.15, 0.2) is 71.0 Å². The second kappa shape index (κ2) is 12.9. The highest BCUT2D eigenvalue weighted by atomic mass is 35.5. The topological polar surface area (TPSA) is 124 Å². The number of Topliss-reactive ketones (excluding diaryl/α,β-unsaturated/α-hetero) is 2. The van der Waals surface area contributed by atoms with Crippen molar-refractivity contribution in [3.05, 3.63) is 87.9 Å². The molecule has 0 saturated carbocycles. The first-order valence-corrected chi connectivity index (χ1v) is 15.7. The predicted molar refractivity (Wildman–Crippen MR) is 167 cm³/mol. The van der Waals surface area contributed by atoms with Crippen molar-refractivity contribution in [3.8, 4) is 17.2 Å². The van der Waals surface area contributed by atoms with Gasteiger partial charge in [0.05, 0.1) is 14.2 Å². The minimum Gasteiger partial charge on any atom is -0.507 e. The molecule has 0 radical (unpaired) electrons. The van der Waals surface area contributed by atoms with Gasteiger partial charge in [-0.05, 0) is 36.1 Å². The number of hydrogen-bond donors (Lipinski definition) is 2. The van der Waals surface area contributed by atoms with Gasteiger partial charge in [-0.15, -0.1) is 11.8 Å². The van der Waals surface area contributed by atoms with Gasteiger partial charge in [-0.25, -0.2) is 0 Å². The third-order valence-electron chi connectivity index (χ3n) is 8.20. The van der Waals surface area contributed by atoms with Gasteiger partial charge in [0.2, 0.25) is 17.3 Å². The number of aromatic nitrogens is 1. The van der Waals surface area contributed by atoms with Crippen molar-refractivity contribution in [2.75, 3.05) is 27.0 Å². The molecule has 0 saturated heterocycles. The monoisotopic (exact) mass is 636 g/mol. The second-order valence-corrected chi connectivity index (χ2v) is 12.0. The van der Waals surface area contributed by atoms with E-state index in [-0.39, 0.29) is 57.9 Å². The molecule has 230 valence electrons. The van der Waals surface area contributed by atoms with Crippen molar-refractivity contribution in [3.63, 3.8) is 0 Å². The molecule has 9 nitrogen and oxygen atoms in total.